The number of nitrogens with one attached hydrogen (secondary N) is 1. The Bertz CT molecular complexity index is 709. The summed E-state index contributed by atoms with van der Waals surface area (Å²) < 4.78 is 0. The lowest BCUT2D eigenvalue weighted by Gasteiger charge is -2.38. The molecule has 0 unspecified atom stereocenters. The number of anilines is 1. The lowest BCUT2D eigenvalue weighted by Crippen LogP contribution is -2.29. The lowest BCUT2D eigenvalue weighted by molar-refractivity contribution is 0.425. The van der Waals surface area contributed by atoms with E-state index in [-0.39, 0.29) is 0 Å². The molecule has 3 heteroatoms. The first kappa shape index (κ1) is 13.2. The van der Waals surface area contributed by atoms with Crippen molar-refractivity contribution in [3.63, 3.8) is 0 Å². The van der Waals surface area contributed by atoms with Gasteiger partial charge in [0.15, 0.2) is 0 Å². The van der Waals surface area contributed by atoms with E-state index in [9.17, 15) is 0 Å². The van der Waals surface area contributed by atoms with E-state index in [1.807, 2.05) is 12.1 Å². The number of hydrogen-bond donors (Lipinski definition) is 1. The Balaban J connectivity index is 1.84. The van der Waals surface area contributed by atoms with Gasteiger partial charge in [-0.05, 0) is 30.0 Å². The maximum absolute atomic E-state index is 6.45. The molecule has 0 amide bonds. The van der Waals surface area contributed by atoms with Gasteiger partial charge in [-0.2, -0.15) is 0 Å². The number of fused-ring (bicyclic) bond motifs is 3. The molecule has 21 heavy (non-hydrogen) atoms. The van der Waals surface area contributed by atoms with E-state index in [0.717, 1.165) is 17.1 Å². The molecule has 1 aliphatic heterocycles. The predicted molar refractivity (Wildman–Crippen MR) is 89.3 cm³/mol. The number of hydrogen-bond acceptors (Lipinski definition) is 1. The number of benzene rings is 2. The molecule has 106 valence electrons. The van der Waals surface area contributed by atoms with Crippen LogP contribution in [0.3, 0.4) is 0 Å². The summed E-state index contributed by atoms with van der Waals surface area (Å²) in [4.78, 5) is 0. The smallest absolute Gasteiger partial charge is 0.0553 e. The van der Waals surface area contributed by atoms with E-state index in [4.69, 9.17) is 23.2 Å². The number of rotatable bonds is 1. The quantitative estimate of drug-likeness (QED) is 0.654. The Labute approximate surface area is 134 Å². The SMILES string of the molecule is Clc1cc(Cl)c2c(c1)N[C@H](c1ccccc1)[C@@H]1CC=C[C@H]21. The molecule has 2 aromatic carbocycles. The van der Waals surface area contributed by atoms with Gasteiger partial charge in [-0.15, -0.1) is 0 Å². The Hall–Kier alpha value is -1.44. The Morgan fingerprint density at radius 2 is 1.86 bits per heavy atom. The average Bonchev–Trinajstić information content (AvgIpc) is 2.95. The van der Waals surface area contributed by atoms with Crippen LogP contribution in [0, 0.1) is 5.92 Å². The number of allylic oxidation sites excluding steroid dienone is 2. The lowest BCUT2D eigenvalue weighted by atomic mass is 9.77. The molecular formula is C18H15Cl2N. The normalized spacial score (nSPS) is 26.1. The van der Waals surface area contributed by atoms with Gasteiger partial charge in [-0.3, -0.25) is 0 Å². The fourth-order valence-corrected chi connectivity index (χ4v) is 4.25. The molecule has 1 N–H and O–H groups in total. The second-order valence-corrected chi connectivity index (χ2v) is 6.58. The third-order valence-corrected chi connectivity index (χ3v) is 5.07. The summed E-state index contributed by atoms with van der Waals surface area (Å²) in [6.45, 7) is 0. The van der Waals surface area contributed by atoms with E-state index in [1.165, 1.54) is 11.1 Å². The fraction of sp³-hybridized carbons (Fsp3) is 0.222. The molecule has 0 spiro atoms. The van der Waals surface area contributed by atoms with Crippen molar-refractivity contribution in [2.24, 2.45) is 5.92 Å². The second kappa shape index (κ2) is 5.08. The van der Waals surface area contributed by atoms with Gasteiger partial charge in [-0.25, -0.2) is 0 Å². The van der Waals surface area contributed by atoms with Gasteiger partial charge in [0, 0.05) is 27.2 Å². The maximum atomic E-state index is 6.45. The highest BCUT2D eigenvalue weighted by atomic mass is 35.5. The molecule has 0 saturated carbocycles. The summed E-state index contributed by atoms with van der Waals surface area (Å²) in [7, 11) is 0. The zero-order valence-corrected chi connectivity index (χ0v) is 12.9. The van der Waals surface area contributed by atoms with E-state index in [0.29, 0.717) is 22.9 Å². The van der Waals surface area contributed by atoms with Crippen molar-refractivity contribution >= 4 is 28.9 Å². The van der Waals surface area contributed by atoms with Crippen molar-refractivity contribution < 1.29 is 0 Å². The first-order chi connectivity index (χ1) is 10.2. The minimum atomic E-state index is 0.299. The molecule has 0 bridgehead atoms. The molecule has 2 aliphatic rings. The van der Waals surface area contributed by atoms with Gasteiger partial charge in [0.25, 0.3) is 0 Å². The van der Waals surface area contributed by atoms with E-state index >= 15 is 0 Å². The molecule has 0 radical (unpaired) electrons. The average molecular weight is 316 g/mol. The standard InChI is InChI=1S/C18H15Cl2N/c19-12-9-15(20)17-13-7-4-8-14(13)18(21-16(17)10-12)11-5-2-1-3-6-11/h1-7,9-10,13-14,18,21H,8H2/t13-,14+,18+/m0/s1. The van der Waals surface area contributed by atoms with Crippen LogP contribution in [0.25, 0.3) is 0 Å². The van der Waals surface area contributed by atoms with Gasteiger partial charge < -0.3 is 5.32 Å². The maximum Gasteiger partial charge on any atom is 0.0553 e. The summed E-state index contributed by atoms with van der Waals surface area (Å²) in [5.74, 6) is 0.884. The molecule has 2 aromatic rings. The Morgan fingerprint density at radius 3 is 2.67 bits per heavy atom. The fourth-order valence-electron chi connectivity index (χ4n) is 3.63. The van der Waals surface area contributed by atoms with Crippen LogP contribution in [0.15, 0.2) is 54.6 Å². The topological polar surface area (TPSA) is 12.0 Å². The van der Waals surface area contributed by atoms with E-state index in [1.54, 1.807) is 0 Å². The molecule has 1 aliphatic carbocycles. The van der Waals surface area contributed by atoms with Crippen molar-refractivity contribution in [2.45, 2.75) is 18.4 Å². The van der Waals surface area contributed by atoms with Crippen LogP contribution >= 0.6 is 23.2 Å². The monoisotopic (exact) mass is 315 g/mol. The van der Waals surface area contributed by atoms with E-state index in [2.05, 4.69) is 47.8 Å². The summed E-state index contributed by atoms with van der Waals surface area (Å²) >= 11 is 12.6. The molecule has 0 fully saturated rings. The van der Waals surface area contributed by atoms with Crippen LogP contribution in [-0.2, 0) is 0 Å². The summed E-state index contributed by atoms with van der Waals surface area (Å²) in [5, 5.41) is 5.10. The molecule has 0 saturated heterocycles. The van der Waals surface area contributed by atoms with Crippen LogP contribution in [0.4, 0.5) is 5.69 Å². The van der Waals surface area contributed by atoms with Crippen LogP contribution in [-0.4, -0.2) is 0 Å². The van der Waals surface area contributed by atoms with Crippen LogP contribution < -0.4 is 5.32 Å². The van der Waals surface area contributed by atoms with Crippen molar-refractivity contribution in [3.05, 3.63) is 75.8 Å². The third-order valence-electron chi connectivity index (χ3n) is 4.54. The highest BCUT2D eigenvalue weighted by Gasteiger charge is 2.39. The molecule has 3 atom stereocenters. The predicted octanol–water partition coefficient (Wildman–Crippen LogP) is 5.82. The van der Waals surface area contributed by atoms with E-state index < -0.39 is 0 Å². The van der Waals surface area contributed by atoms with Gasteiger partial charge in [0.2, 0.25) is 0 Å². The minimum absolute atomic E-state index is 0.299. The molecule has 0 aromatic heterocycles. The first-order valence-electron chi connectivity index (χ1n) is 7.21. The zero-order chi connectivity index (χ0) is 14.4. The molecular weight excluding hydrogens is 301 g/mol. The van der Waals surface area contributed by atoms with Gasteiger partial charge in [0.1, 0.15) is 0 Å². The highest BCUT2D eigenvalue weighted by Crippen LogP contribution is 2.52. The highest BCUT2D eigenvalue weighted by molar-refractivity contribution is 6.35. The van der Waals surface area contributed by atoms with Crippen LogP contribution in [0.5, 0.6) is 0 Å². The van der Waals surface area contributed by atoms with Crippen LogP contribution in [0.1, 0.15) is 29.5 Å². The van der Waals surface area contributed by atoms with Gasteiger partial charge in [0.05, 0.1) is 6.04 Å². The van der Waals surface area contributed by atoms with Crippen molar-refractivity contribution in [3.8, 4) is 0 Å². The second-order valence-electron chi connectivity index (χ2n) is 5.74. The Kier molecular flexibility index (Phi) is 3.20. The van der Waals surface area contributed by atoms with Crippen molar-refractivity contribution in [1.82, 2.24) is 0 Å². The number of halogens is 2. The van der Waals surface area contributed by atoms with Gasteiger partial charge >= 0.3 is 0 Å². The molecule has 4 rings (SSSR count). The summed E-state index contributed by atoms with van der Waals surface area (Å²) in [6, 6.07) is 14.7. The summed E-state index contributed by atoms with van der Waals surface area (Å²) in [6.07, 6.45) is 5.64. The van der Waals surface area contributed by atoms with Gasteiger partial charge in [-0.1, -0.05) is 65.7 Å². The molecule has 1 nitrogen and oxygen atoms in total. The summed E-state index contributed by atoms with van der Waals surface area (Å²) in [5.41, 5.74) is 3.57. The Morgan fingerprint density at radius 1 is 1.05 bits per heavy atom. The van der Waals surface area contributed by atoms with Crippen LogP contribution in [0.2, 0.25) is 10.0 Å². The minimum Gasteiger partial charge on any atom is -0.378 e. The van der Waals surface area contributed by atoms with Crippen molar-refractivity contribution in [1.29, 1.82) is 0 Å². The third kappa shape index (κ3) is 2.16. The zero-order valence-electron chi connectivity index (χ0n) is 11.4. The molecule has 1 heterocycles. The largest absolute Gasteiger partial charge is 0.378 e. The first-order valence-corrected chi connectivity index (χ1v) is 7.97. The van der Waals surface area contributed by atoms with Crippen molar-refractivity contribution in [2.75, 3.05) is 5.32 Å².